The van der Waals surface area contributed by atoms with Crippen LogP contribution in [0.3, 0.4) is 0 Å². The fourth-order valence-electron chi connectivity index (χ4n) is 8.08. The van der Waals surface area contributed by atoms with Gasteiger partial charge in [0, 0.05) is 35.5 Å². The van der Waals surface area contributed by atoms with Crippen molar-refractivity contribution < 1.29 is 9.53 Å². The number of ether oxygens (including phenoxy) is 1. The van der Waals surface area contributed by atoms with Gasteiger partial charge in [-0.25, -0.2) is 0 Å². The fraction of sp³-hybridized carbons (Fsp3) is 0.464. The molecule has 6 aliphatic rings. The van der Waals surface area contributed by atoms with Gasteiger partial charge >= 0.3 is 0 Å². The summed E-state index contributed by atoms with van der Waals surface area (Å²) in [5.74, 6) is 1.96. The zero-order chi connectivity index (χ0) is 22.2. The topological polar surface area (TPSA) is 32.8 Å². The summed E-state index contributed by atoms with van der Waals surface area (Å²) in [5, 5.41) is 0. The van der Waals surface area contributed by atoms with Crippen LogP contribution in [0.25, 0.3) is 0 Å². The monoisotopic (exact) mass is 460 g/mol. The number of hydrogen-bond donors (Lipinski definition) is 0. The highest BCUT2D eigenvalue weighted by atomic mass is 35.5. The second kappa shape index (κ2) is 7.43. The molecular weight excluding hydrogens is 432 g/mol. The molecule has 5 aliphatic heterocycles. The highest BCUT2D eigenvalue weighted by Gasteiger charge is 2.70. The number of benzene rings is 2. The van der Waals surface area contributed by atoms with E-state index in [-0.39, 0.29) is 17.4 Å². The van der Waals surface area contributed by atoms with E-state index in [2.05, 4.69) is 40.1 Å². The molecule has 5 heterocycles. The van der Waals surface area contributed by atoms with Crippen molar-refractivity contribution in [2.75, 3.05) is 24.6 Å². The number of anilines is 1. The lowest BCUT2D eigenvalue weighted by Crippen LogP contribution is -2.69. The molecule has 0 radical (unpaired) electrons. The van der Waals surface area contributed by atoms with Crippen LogP contribution in [0.5, 0.6) is 0 Å². The van der Waals surface area contributed by atoms with E-state index >= 15 is 0 Å². The van der Waals surface area contributed by atoms with Gasteiger partial charge in [0.15, 0.2) is 0 Å². The van der Waals surface area contributed by atoms with Gasteiger partial charge in [-0.05, 0) is 42.5 Å². The maximum absolute atomic E-state index is 13.2. The Balaban J connectivity index is 0.000000205. The van der Waals surface area contributed by atoms with E-state index in [1.165, 1.54) is 36.2 Å². The lowest BCUT2D eigenvalue weighted by Gasteiger charge is -2.58. The maximum atomic E-state index is 13.2. The summed E-state index contributed by atoms with van der Waals surface area (Å²) in [4.78, 5) is 18.1. The van der Waals surface area contributed by atoms with Crippen LogP contribution in [-0.4, -0.2) is 48.7 Å². The number of rotatable bonds is 1. The maximum Gasteiger partial charge on any atom is 0.229 e. The number of alkyl halides is 1. The molecule has 0 unspecified atom stereocenters. The van der Waals surface area contributed by atoms with Crippen LogP contribution in [0.4, 0.5) is 5.69 Å². The molecule has 2 aromatic carbocycles. The van der Waals surface area contributed by atoms with Crippen molar-refractivity contribution in [1.82, 2.24) is 4.90 Å². The molecule has 2 aromatic rings. The summed E-state index contributed by atoms with van der Waals surface area (Å²) in [7, 11) is 0. The van der Waals surface area contributed by atoms with Gasteiger partial charge < -0.3 is 9.64 Å². The van der Waals surface area contributed by atoms with Crippen molar-refractivity contribution >= 4 is 23.2 Å². The second-order valence-electron chi connectivity index (χ2n) is 10.4. The summed E-state index contributed by atoms with van der Waals surface area (Å²) in [6.45, 7) is 2.97. The van der Waals surface area contributed by atoms with Crippen LogP contribution >= 0.6 is 11.6 Å². The third-order valence-corrected chi connectivity index (χ3v) is 9.52. The van der Waals surface area contributed by atoms with Gasteiger partial charge in [0.05, 0.1) is 25.2 Å². The Hall–Kier alpha value is -2.14. The standard InChI is InChI=1S/C21H22N2O2.C7H7Cl/c24-18-10-16-19-13-9-17-21(6-7-22(17)11-12(13)5-8-25-16)14-3-1-2-4-15(14)23(18)20(19)21;8-6-7-4-2-1-3-5-7/h1-5,13,16-17,19-20H,6-11H2;1-5H,6H2/t13-,16-,17-,19-,20-,21+;/m0./s1. The number of carbonyl (C=O) groups excluding carboxylic acids is 1. The molecule has 1 spiro atoms. The average molecular weight is 461 g/mol. The zero-order valence-electron chi connectivity index (χ0n) is 18.7. The number of para-hydroxylation sites is 1. The smallest absolute Gasteiger partial charge is 0.229 e. The molecule has 1 saturated carbocycles. The van der Waals surface area contributed by atoms with Gasteiger partial charge in [-0.1, -0.05) is 60.2 Å². The summed E-state index contributed by atoms with van der Waals surface area (Å²) in [6, 6.07) is 19.6. The Morgan fingerprint density at radius 1 is 1.09 bits per heavy atom. The van der Waals surface area contributed by atoms with E-state index in [9.17, 15) is 4.79 Å². The molecule has 1 aliphatic carbocycles. The molecule has 0 aromatic heterocycles. The third-order valence-electron chi connectivity index (χ3n) is 9.21. The Bertz CT molecular complexity index is 1130. The number of piperidine rings is 2. The minimum absolute atomic E-state index is 0.104. The largest absolute Gasteiger partial charge is 0.373 e. The van der Waals surface area contributed by atoms with Gasteiger partial charge in [0.2, 0.25) is 5.91 Å². The van der Waals surface area contributed by atoms with Gasteiger partial charge in [0.1, 0.15) is 0 Å². The number of fused-ring (bicyclic) bond motifs is 2. The average Bonchev–Trinajstić information content (AvgIpc) is 3.33. The van der Waals surface area contributed by atoms with Crippen LogP contribution in [0.15, 0.2) is 66.2 Å². The number of amides is 1. The summed E-state index contributed by atoms with van der Waals surface area (Å²) < 4.78 is 6.25. The van der Waals surface area contributed by atoms with Crippen LogP contribution < -0.4 is 4.90 Å². The molecule has 6 atom stereocenters. The van der Waals surface area contributed by atoms with E-state index in [4.69, 9.17) is 16.3 Å². The Labute approximate surface area is 200 Å². The SMILES string of the molecule is ClCc1ccccc1.O=C1C[C@@H]2OCC=C3CN4CC[C@]56c7ccccc7N1[C@H]5[C@H]2[C@H]3C[C@H]46. The van der Waals surface area contributed by atoms with E-state index in [1.807, 2.05) is 30.3 Å². The quantitative estimate of drug-likeness (QED) is 0.463. The summed E-state index contributed by atoms with van der Waals surface area (Å²) in [6.07, 6.45) is 5.43. The Morgan fingerprint density at radius 2 is 1.91 bits per heavy atom. The van der Waals surface area contributed by atoms with Gasteiger partial charge in [-0.3, -0.25) is 9.69 Å². The Kier molecular flexibility index (Phi) is 4.56. The van der Waals surface area contributed by atoms with Gasteiger partial charge in [-0.2, -0.15) is 0 Å². The fourth-order valence-corrected chi connectivity index (χ4v) is 8.25. The van der Waals surface area contributed by atoms with Crippen LogP contribution in [0.1, 0.15) is 30.4 Å². The first-order valence-electron chi connectivity index (χ1n) is 12.3. The first-order chi connectivity index (χ1) is 16.2. The lowest BCUT2D eigenvalue weighted by molar-refractivity contribution is -0.132. The molecule has 4 nitrogen and oxygen atoms in total. The minimum Gasteiger partial charge on any atom is -0.373 e. The molecule has 1 amide bonds. The van der Waals surface area contributed by atoms with Crippen molar-refractivity contribution in [3.05, 3.63) is 77.4 Å². The highest BCUT2D eigenvalue weighted by molar-refractivity contribution is 6.17. The molecule has 3 saturated heterocycles. The molecule has 33 heavy (non-hydrogen) atoms. The van der Waals surface area contributed by atoms with Crippen molar-refractivity contribution in [3.8, 4) is 0 Å². The molecule has 170 valence electrons. The molecule has 0 N–H and O–H groups in total. The molecule has 4 fully saturated rings. The number of carbonyl (C=O) groups is 1. The van der Waals surface area contributed by atoms with Crippen LogP contribution in [0, 0.1) is 11.8 Å². The summed E-state index contributed by atoms with van der Waals surface area (Å²) in [5.41, 5.74) is 5.53. The number of halogens is 1. The second-order valence-corrected chi connectivity index (χ2v) is 10.7. The van der Waals surface area contributed by atoms with E-state index < -0.39 is 0 Å². The Morgan fingerprint density at radius 3 is 2.73 bits per heavy atom. The molecule has 8 rings (SSSR count). The third kappa shape index (κ3) is 2.69. The number of hydrogen-bond acceptors (Lipinski definition) is 3. The number of nitrogens with zero attached hydrogens (tertiary/aromatic N) is 2. The van der Waals surface area contributed by atoms with E-state index in [1.54, 1.807) is 5.57 Å². The van der Waals surface area contributed by atoms with Crippen molar-refractivity contribution in [2.45, 2.75) is 48.7 Å². The van der Waals surface area contributed by atoms with Crippen LogP contribution in [-0.2, 0) is 20.8 Å². The normalized spacial score (nSPS) is 37.0. The predicted molar refractivity (Wildman–Crippen MR) is 129 cm³/mol. The van der Waals surface area contributed by atoms with Gasteiger partial charge in [0.25, 0.3) is 0 Å². The molecular formula is C28H29ClN2O2. The van der Waals surface area contributed by atoms with Gasteiger partial charge in [-0.15, -0.1) is 11.6 Å². The summed E-state index contributed by atoms with van der Waals surface area (Å²) >= 11 is 5.53. The first-order valence-corrected chi connectivity index (χ1v) is 12.8. The molecule has 5 heteroatoms. The highest BCUT2D eigenvalue weighted by Crippen LogP contribution is 2.65. The van der Waals surface area contributed by atoms with Crippen molar-refractivity contribution in [1.29, 1.82) is 0 Å². The molecule has 2 bridgehead atoms. The lowest BCUT2D eigenvalue weighted by atomic mass is 9.53. The first kappa shape index (κ1) is 20.3. The zero-order valence-corrected chi connectivity index (χ0v) is 19.5. The minimum atomic E-state index is 0.104. The predicted octanol–water partition coefficient (Wildman–Crippen LogP) is 4.52. The van der Waals surface area contributed by atoms with Crippen molar-refractivity contribution in [3.63, 3.8) is 0 Å². The van der Waals surface area contributed by atoms with Crippen LogP contribution in [0.2, 0.25) is 0 Å². The van der Waals surface area contributed by atoms with Crippen molar-refractivity contribution in [2.24, 2.45) is 11.8 Å². The van der Waals surface area contributed by atoms with E-state index in [0.717, 1.165) is 6.54 Å². The van der Waals surface area contributed by atoms with E-state index in [0.29, 0.717) is 42.8 Å².